The fourth-order valence-electron chi connectivity index (χ4n) is 3.13. The molecule has 4 aromatic rings. The zero-order chi connectivity index (χ0) is 20.4. The van der Waals surface area contributed by atoms with Gasteiger partial charge in [0.25, 0.3) is 0 Å². The lowest BCUT2D eigenvalue weighted by Crippen LogP contribution is -2.04. The predicted molar refractivity (Wildman–Crippen MR) is 113 cm³/mol. The van der Waals surface area contributed by atoms with Crippen molar-refractivity contribution in [1.82, 2.24) is 9.78 Å². The number of halogens is 3. The zero-order valence-corrected chi connectivity index (χ0v) is 17.2. The molecule has 1 heterocycles. The Hall–Kier alpha value is -2.99. The molecule has 0 unspecified atom stereocenters. The molecule has 0 aliphatic carbocycles. The van der Waals surface area contributed by atoms with Gasteiger partial charge in [-0.1, -0.05) is 12.1 Å². The van der Waals surface area contributed by atoms with Crippen LogP contribution >= 0.6 is 15.9 Å². The van der Waals surface area contributed by atoms with E-state index >= 15 is 0 Å². The molecule has 0 saturated heterocycles. The van der Waals surface area contributed by atoms with Crippen molar-refractivity contribution in [3.05, 3.63) is 94.5 Å². The smallest absolute Gasteiger partial charge is 0.123 e. The first-order valence-corrected chi connectivity index (χ1v) is 9.75. The van der Waals surface area contributed by atoms with E-state index in [1.165, 1.54) is 24.3 Å². The lowest BCUT2D eigenvalue weighted by Gasteiger charge is -2.09. The normalized spacial score (nSPS) is 10.9. The molecule has 0 radical (unpaired) electrons. The van der Waals surface area contributed by atoms with Crippen molar-refractivity contribution in [2.75, 3.05) is 7.11 Å². The maximum atomic E-state index is 13.4. The summed E-state index contributed by atoms with van der Waals surface area (Å²) in [6.07, 6.45) is 0. The van der Waals surface area contributed by atoms with Crippen LogP contribution in [0, 0.1) is 11.6 Å². The molecule has 146 valence electrons. The van der Waals surface area contributed by atoms with E-state index in [1.54, 1.807) is 31.4 Å². The molecule has 6 heteroatoms. The number of hydrogen-bond donors (Lipinski definition) is 0. The van der Waals surface area contributed by atoms with Gasteiger partial charge in [-0.05, 0) is 82.2 Å². The topological polar surface area (TPSA) is 27.1 Å². The van der Waals surface area contributed by atoms with E-state index in [-0.39, 0.29) is 11.6 Å². The SMILES string of the molecule is COc1ccc(Cn2nc(-c3ccc(F)cc3)c(Br)c2-c2ccc(F)cc2)cc1. The van der Waals surface area contributed by atoms with Crippen LogP contribution in [0.1, 0.15) is 5.56 Å². The Balaban J connectivity index is 1.81. The van der Waals surface area contributed by atoms with Crippen LogP contribution in [0.5, 0.6) is 5.75 Å². The lowest BCUT2D eigenvalue weighted by atomic mass is 10.1. The van der Waals surface area contributed by atoms with Crippen molar-refractivity contribution in [2.24, 2.45) is 0 Å². The molecule has 0 aliphatic heterocycles. The van der Waals surface area contributed by atoms with Gasteiger partial charge in [0, 0.05) is 11.1 Å². The average Bonchev–Trinajstić information content (AvgIpc) is 3.06. The maximum absolute atomic E-state index is 13.4. The average molecular weight is 455 g/mol. The molecule has 0 bridgehead atoms. The number of benzene rings is 3. The van der Waals surface area contributed by atoms with Gasteiger partial charge in [-0.15, -0.1) is 0 Å². The molecule has 0 aliphatic rings. The van der Waals surface area contributed by atoms with Crippen LogP contribution in [-0.2, 0) is 6.54 Å². The second-order valence-electron chi connectivity index (χ2n) is 6.53. The van der Waals surface area contributed by atoms with E-state index in [0.29, 0.717) is 12.2 Å². The monoisotopic (exact) mass is 454 g/mol. The predicted octanol–water partition coefficient (Wildman–Crippen LogP) is 6.31. The van der Waals surface area contributed by atoms with Crippen LogP contribution in [0.3, 0.4) is 0 Å². The molecule has 0 saturated carbocycles. The van der Waals surface area contributed by atoms with Gasteiger partial charge in [-0.3, -0.25) is 4.68 Å². The van der Waals surface area contributed by atoms with Gasteiger partial charge in [0.15, 0.2) is 0 Å². The summed E-state index contributed by atoms with van der Waals surface area (Å²) in [5.74, 6) is 0.173. The van der Waals surface area contributed by atoms with Crippen LogP contribution < -0.4 is 4.74 Å². The standard InChI is InChI=1S/C23H17BrF2N2O/c1-29-20-12-2-15(3-13-20)14-28-23(17-6-10-19(26)11-7-17)21(24)22(27-28)16-4-8-18(25)9-5-16/h2-13H,14H2,1H3. The Morgan fingerprint density at radius 3 is 1.93 bits per heavy atom. The molecular formula is C23H17BrF2N2O. The largest absolute Gasteiger partial charge is 0.497 e. The van der Waals surface area contributed by atoms with E-state index in [4.69, 9.17) is 9.84 Å². The number of aromatic nitrogens is 2. The first kappa shape index (κ1) is 19.3. The molecule has 29 heavy (non-hydrogen) atoms. The lowest BCUT2D eigenvalue weighted by molar-refractivity contribution is 0.414. The van der Waals surface area contributed by atoms with Crippen LogP contribution in [0.4, 0.5) is 8.78 Å². The van der Waals surface area contributed by atoms with Crippen LogP contribution in [0.25, 0.3) is 22.5 Å². The maximum Gasteiger partial charge on any atom is 0.123 e. The first-order valence-electron chi connectivity index (χ1n) is 8.96. The summed E-state index contributed by atoms with van der Waals surface area (Å²) in [6, 6.07) is 20.2. The molecule has 3 aromatic carbocycles. The molecule has 4 rings (SSSR count). The number of ether oxygens (including phenoxy) is 1. The first-order chi connectivity index (χ1) is 14.0. The van der Waals surface area contributed by atoms with Crippen molar-refractivity contribution in [3.8, 4) is 28.3 Å². The Kier molecular flexibility index (Phi) is 5.45. The number of methoxy groups -OCH3 is 1. The Morgan fingerprint density at radius 2 is 1.38 bits per heavy atom. The Morgan fingerprint density at radius 1 is 0.828 bits per heavy atom. The molecule has 1 aromatic heterocycles. The highest BCUT2D eigenvalue weighted by atomic mass is 79.9. The summed E-state index contributed by atoms with van der Waals surface area (Å²) in [7, 11) is 1.63. The summed E-state index contributed by atoms with van der Waals surface area (Å²) >= 11 is 3.66. The fourth-order valence-corrected chi connectivity index (χ4v) is 3.88. The number of rotatable bonds is 5. The molecular weight excluding hydrogens is 438 g/mol. The van der Waals surface area contributed by atoms with E-state index in [1.807, 2.05) is 28.9 Å². The highest BCUT2D eigenvalue weighted by molar-refractivity contribution is 9.10. The third-order valence-electron chi connectivity index (χ3n) is 4.62. The van der Waals surface area contributed by atoms with Crippen molar-refractivity contribution in [1.29, 1.82) is 0 Å². The Labute approximate surface area is 175 Å². The third kappa shape index (κ3) is 4.07. The van der Waals surface area contributed by atoms with Crippen molar-refractivity contribution >= 4 is 15.9 Å². The third-order valence-corrected chi connectivity index (χ3v) is 5.37. The quantitative estimate of drug-likeness (QED) is 0.353. The van der Waals surface area contributed by atoms with E-state index < -0.39 is 0 Å². The number of hydrogen-bond acceptors (Lipinski definition) is 2. The van der Waals surface area contributed by atoms with Crippen LogP contribution in [0.2, 0.25) is 0 Å². The minimum Gasteiger partial charge on any atom is -0.497 e. The van der Waals surface area contributed by atoms with Gasteiger partial charge in [0.1, 0.15) is 23.1 Å². The minimum atomic E-state index is -0.304. The molecule has 0 fully saturated rings. The van der Waals surface area contributed by atoms with Crippen molar-refractivity contribution in [3.63, 3.8) is 0 Å². The van der Waals surface area contributed by atoms with E-state index in [2.05, 4.69) is 15.9 Å². The molecule has 0 N–H and O–H groups in total. The summed E-state index contributed by atoms with van der Waals surface area (Å²) < 4.78 is 34.6. The van der Waals surface area contributed by atoms with E-state index in [0.717, 1.165) is 32.6 Å². The second kappa shape index (κ2) is 8.17. The fraction of sp³-hybridized carbons (Fsp3) is 0.0870. The van der Waals surface area contributed by atoms with Gasteiger partial charge in [-0.2, -0.15) is 5.10 Å². The van der Waals surface area contributed by atoms with Crippen LogP contribution in [-0.4, -0.2) is 16.9 Å². The summed E-state index contributed by atoms with van der Waals surface area (Å²) in [4.78, 5) is 0. The highest BCUT2D eigenvalue weighted by Gasteiger charge is 2.19. The highest BCUT2D eigenvalue weighted by Crippen LogP contribution is 2.37. The van der Waals surface area contributed by atoms with Gasteiger partial charge in [0.2, 0.25) is 0 Å². The summed E-state index contributed by atoms with van der Waals surface area (Å²) in [5.41, 5.74) is 4.16. The second-order valence-corrected chi connectivity index (χ2v) is 7.32. The van der Waals surface area contributed by atoms with Crippen molar-refractivity contribution in [2.45, 2.75) is 6.54 Å². The molecule has 0 atom stereocenters. The van der Waals surface area contributed by atoms with Gasteiger partial charge in [0.05, 0.1) is 23.8 Å². The number of nitrogens with zero attached hydrogens (tertiary/aromatic N) is 2. The van der Waals surface area contributed by atoms with Gasteiger partial charge >= 0.3 is 0 Å². The Bertz CT molecular complexity index is 1120. The van der Waals surface area contributed by atoms with Gasteiger partial charge in [-0.25, -0.2) is 8.78 Å². The minimum absolute atomic E-state index is 0.301. The van der Waals surface area contributed by atoms with Crippen LogP contribution in [0.15, 0.2) is 77.3 Å². The summed E-state index contributed by atoms with van der Waals surface area (Å²) in [5, 5.41) is 4.77. The van der Waals surface area contributed by atoms with Gasteiger partial charge < -0.3 is 4.74 Å². The summed E-state index contributed by atoms with van der Waals surface area (Å²) in [6.45, 7) is 0.510. The molecule has 0 spiro atoms. The molecule has 0 amide bonds. The van der Waals surface area contributed by atoms with E-state index in [9.17, 15) is 8.78 Å². The zero-order valence-electron chi connectivity index (χ0n) is 15.6. The molecule has 3 nitrogen and oxygen atoms in total. The van der Waals surface area contributed by atoms with Crippen molar-refractivity contribution < 1.29 is 13.5 Å².